The predicted molar refractivity (Wildman–Crippen MR) is 102 cm³/mol. The van der Waals surface area contributed by atoms with E-state index in [9.17, 15) is 5.11 Å². The average Bonchev–Trinajstić information content (AvgIpc) is 2.64. The Balaban J connectivity index is 1.39. The van der Waals surface area contributed by atoms with Crippen LogP contribution in [-0.2, 0) is 5.60 Å². The quantitative estimate of drug-likeness (QED) is 0.636. The standard InChI is InChI=1S/C23H36O/c1-2-6-19-9-11-20(12-10-19)13-14-21-15-17-23(24,18-16-21)22-7-4-3-5-8-22/h3-5,7-8,19-21,24H,2,6,9-18H2,1H3/t19-,20-,21?,23?. The highest BCUT2D eigenvalue weighted by molar-refractivity contribution is 5.22. The third-order valence-corrected chi connectivity index (χ3v) is 6.89. The van der Waals surface area contributed by atoms with Crippen molar-refractivity contribution in [3.8, 4) is 0 Å². The van der Waals surface area contributed by atoms with Gasteiger partial charge in [-0.3, -0.25) is 0 Å². The first-order valence-corrected chi connectivity index (χ1v) is 10.5. The van der Waals surface area contributed by atoms with Crippen LogP contribution < -0.4 is 0 Å². The van der Waals surface area contributed by atoms with Crippen molar-refractivity contribution in [2.45, 2.75) is 89.6 Å². The Hall–Kier alpha value is -0.820. The second kappa shape index (κ2) is 8.52. The molecule has 2 saturated carbocycles. The minimum Gasteiger partial charge on any atom is -0.385 e. The van der Waals surface area contributed by atoms with Crippen molar-refractivity contribution in [1.29, 1.82) is 0 Å². The SMILES string of the molecule is CCC[C@H]1CC[C@H](CCC2CCC(O)(c3ccccc3)CC2)CC1. The molecular weight excluding hydrogens is 292 g/mol. The molecule has 0 saturated heterocycles. The molecule has 1 nitrogen and oxygen atoms in total. The molecule has 24 heavy (non-hydrogen) atoms. The Morgan fingerprint density at radius 1 is 0.792 bits per heavy atom. The fourth-order valence-corrected chi connectivity index (χ4v) is 5.17. The molecule has 3 rings (SSSR count). The van der Waals surface area contributed by atoms with Gasteiger partial charge >= 0.3 is 0 Å². The summed E-state index contributed by atoms with van der Waals surface area (Å²) in [5, 5.41) is 11.0. The van der Waals surface area contributed by atoms with E-state index in [-0.39, 0.29) is 0 Å². The Morgan fingerprint density at radius 3 is 1.83 bits per heavy atom. The Morgan fingerprint density at radius 2 is 1.29 bits per heavy atom. The second-order valence-electron chi connectivity index (χ2n) is 8.59. The molecule has 1 aromatic carbocycles. The molecule has 0 aliphatic heterocycles. The molecule has 0 radical (unpaired) electrons. The lowest BCUT2D eigenvalue weighted by molar-refractivity contribution is -0.0160. The highest BCUT2D eigenvalue weighted by Gasteiger charge is 2.34. The van der Waals surface area contributed by atoms with Crippen LogP contribution in [-0.4, -0.2) is 5.11 Å². The lowest BCUT2D eigenvalue weighted by Crippen LogP contribution is -2.31. The van der Waals surface area contributed by atoms with Crippen LogP contribution in [0.1, 0.15) is 89.5 Å². The van der Waals surface area contributed by atoms with E-state index in [1.807, 2.05) is 18.2 Å². The molecule has 2 aliphatic rings. The van der Waals surface area contributed by atoms with Crippen LogP contribution in [0.2, 0.25) is 0 Å². The molecule has 1 aromatic rings. The predicted octanol–water partition coefficient (Wildman–Crippen LogP) is 6.45. The third kappa shape index (κ3) is 4.63. The number of aliphatic hydroxyl groups is 1. The molecular formula is C23H36O. The summed E-state index contributed by atoms with van der Waals surface area (Å²) >= 11 is 0. The van der Waals surface area contributed by atoms with Crippen molar-refractivity contribution in [3.05, 3.63) is 35.9 Å². The minimum atomic E-state index is -0.560. The molecule has 0 unspecified atom stereocenters. The Kier molecular flexibility index (Phi) is 6.38. The second-order valence-corrected chi connectivity index (χ2v) is 8.59. The zero-order valence-electron chi connectivity index (χ0n) is 15.6. The molecule has 1 N–H and O–H groups in total. The maximum atomic E-state index is 11.0. The highest BCUT2D eigenvalue weighted by atomic mass is 16.3. The van der Waals surface area contributed by atoms with E-state index in [0.29, 0.717) is 0 Å². The van der Waals surface area contributed by atoms with E-state index in [2.05, 4.69) is 19.1 Å². The molecule has 0 aromatic heterocycles. The summed E-state index contributed by atoms with van der Waals surface area (Å²) in [6.45, 7) is 2.33. The summed E-state index contributed by atoms with van der Waals surface area (Å²) in [6.07, 6.45) is 15.9. The van der Waals surface area contributed by atoms with Gasteiger partial charge in [0.25, 0.3) is 0 Å². The van der Waals surface area contributed by atoms with Gasteiger partial charge in [-0.2, -0.15) is 0 Å². The molecule has 0 heterocycles. The van der Waals surface area contributed by atoms with Crippen LogP contribution in [0.25, 0.3) is 0 Å². The number of hydrogen-bond donors (Lipinski definition) is 1. The molecule has 0 spiro atoms. The van der Waals surface area contributed by atoms with E-state index < -0.39 is 5.60 Å². The van der Waals surface area contributed by atoms with Crippen molar-refractivity contribution in [2.24, 2.45) is 17.8 Å². The van der Waals surface area contributed by atoms with E-state index in [0.717, 1.165) is 36.2 Å². The van der Waals surface area contributed by atoms with Crippen LogP contribution in [0.15, 0.2) is 30.3 Å². The lowest BCUT2D eigenvalue weighted by Gasteiger charge is -2.37. The van der Waals surface area contributed by atoms with Gasteiger partial charge < -0.3 is 5.11 Å². The lowest BCUT2D eigenvalue weighted by atomic mass is 9.72. The summed E-state index contributed by atoms with van der Waals surface area (Å²) in [7, 11) is 0. The number of hydrogen-bond acceptors (Lipinski definition) is 1. The first kappa shape index (κ1) is 18.0. The first-order valence-electron chi connectivity index (χ1n) is 10.5. The maximum Gasteiger partial charge on any atom is 0.0896 e. The van der Waals surface area contributed by atoms with Gasteiger partial charge in [0.1, 0.15) is 0 Å². The zero-order chi connectivity index (χ0) is 16.8. The molecule has 0 bridgehead atoms. The van der Waals surface area contributed by atoms with Gasteiger partial charge in [-0.05, 0) is 49.0 Å². The van der Waals surface area contributed by atoms with E-state index in [1.54, 1.807) is 0 Å². The minimum absolute atomic E-state index is 0.560. The summed E-state index contributed by atoms with van der Waals surface area (Å²) in [6, 6.07) is 10.3. The topological polar surface area (TPSA) is 20.2 Å². The smallest absolute Gasteiger partial charge is 0.0896 e. The third-order valence-electron chi connectivity index (χ3n) is 6.89. The monoisotopic (exact) mass is 328 g/mol. The average molecular weight is 329 g/mol. The van der Waals surface area contributed by atoms with Crippen molar-refractivity contribution >= 4 is 0 Å². The van der Waals surface area contributed by atoms with Gasteiger partial charge in [-0.1, -0.05) is 88.6 Å². The first-order chi connectivity index (χ1) is 11.7. The van der Waals surface area contributed by atoms with E-state index in [1.165, 1.54) is 64.2 Å². The molecule has 2 fully saturated rings. The van der Waals surface area contributed by atoms with Gasteiger partial charge in [-0.15, -0.1) is 0 Å². The van der Waals surface area contributed by atoms with E-state index >= 15 is 0 Å². The summed E-state index contributed by atoms with van der Waals surface area (Å²) < 4.78 is 0. The summed E-state index contributed by atoms with van der Waals surface area (Å²) in [4.78, 5) is 0. The molecule has 0 amide bonds. The van der Waals surface area contributed by atoms with Gasteiger partial charge in [0, 0.05) is 0 Å². The summed E-state index contributed by atoms with van der Waals surface area (Å²) in [5.41, 5.74) is 0.563. The van der Waals surface area contributed by atoms with Crippen LogP contribution in [0, 0.1) is 17.8 Å². The fourth-order valence-electron chi connectivity index (χ4n) is 5.17. The van der Waals surface area contributed by atoms with Crippen molar-refractivity contribution in [3.63, 3.8) is 0 Å². The number of benzene rings is 1. The van der Waals surface area contributed by atoms with Crippen LogP contribution in [0.3, 0.4) is 0 Å². The van der Waals surface area contributed by atoms with Gasteiger partial charge in [0.05, 0.1) is 5.60 Å². The van der Waals surface area contributed by atoms with Crippen molar-refractivity contribution < 1.29 is 5.11 Å². The van der Waals surface area contributed by atoms with Crippen molar-refractivity contribution in [2.75, 3.05) is 0 Å². The Bertz CT molecular complexity index is 464. The zero-order valence-corrected chi connectivity index (χ0v) is 15.6. The Labute approximate surface area is 148 Å². The normalized spacial score (nSPS) is 34.2. The van der Waals surface area contributed by atoms with Gasteiger partial charge in [0.15, 0.2) is 0 Å². The van der Waals surface area contributed by atoms with Gasteiger partial charge in [0.2, 0.25) is 0 Å². The maximum absolute atomic E-state index is 11.0. The molecule has 134 valence electrons. The molecule has 0 atom stereocenters. The fraction of sp³-hybridized carbons (Fsp3) is 0.739. The van der Waals surface area contributed by atoms with Crippen LogP contribution in [0.5, 0.6) is 0 Å². The summed E-state index contributed by atoms with van der Waals surface area (Å²) in [5.74, 6) is 2.87. The molecule has 2 aliphatic carbocycles. The van der Waals surface area contributed by atoms with Gasteiger partial charge in [-0.25, -0.2) is 0 Å². The highest BCUT2D eigenvalue weighted by Crippen LogP contribution is 2.42. The molecule has 1 heteroatoms. The van der Waals surface area contributed by atoms with Crippen molar-refractivity contribution in [1.82, 2.24) is 0 Å². The van der Waals surface area contributed by atoms with Crippen LogP contribution >= 0.6 is 0 Å². The van der Waals surface area contributed by atoms with E-state index in [4.69, 9.17) is 0 Å². The number of rotatable bonds is 6. The largest absolute Gasteiger partial charge is 0.385 e. The van der Waals surface area contributed by atoms with Crippen LogP contribution in [0.4, 0.5) is 0 Å².